The molecule has 11 nitrogen and oxygen atoms in total. The maximum absolute atomic E-state index is 14.4. The maximum atomic E-state index is 14.4. The first-order valence-corrected chi connectivity index (χ1v) is 13.9. The fourth-order valence-corrected chi connectivity index (χ4v) is 6.36. The molecule has 2 aromatic heterocycles. The minimum Gasteiger partial charge on any atom is -0.496 e. The summed E-state index contributed by atoms with van der Waals surface area (Å²) < 4.78 is 27.8. The van der Waals surface area contributed by atoms with Crippen molar-refractivity contribution in [3.63, 3.8) is 0 Å². The molecule has 41 heavy (non-hydrogen) atoms. The number of fused-ring (bicyclic) bond motifs is 1. The van der Waals surface area contributed by atoms with E-state index in [0.29, 0.717) is 13.1 Å². The molecular formula is C28H31FN4O7S. The lowest BCUT2D eigenvalue weighted by atomic mass is 10.0. The average Bonchev–Trinajstić information content (AvgIpc) is 3.58. The van der Waals surface area contributed by atoms with Crippen LogP contribution in [0.3, 0.4) is 0 Å². The zero-order valence-electron chi connectivity index (χ0n) is 23.2. The molecule has 1 aliphatic rings. The Morgan fingerprint density at radius 2 is 1.93 bits per heavy atom. The van der Waals surface area contributed by atoms with Gasteiger partial charge in [-0.3, -0.25) is 14.2 Å². The molecule has 1 atom stereocenters. The molecule has 1 aliphatic heterocycles. The van der Waals surface area contributed by atoms with E-state index in [1.165, 1.54) is 50.6 Å². The Morgan fingerprint density at radius 1 is 1.24 bits per heavy atom. The third-order valence-electron chi connectivity index (χ3n) is 7.30. The van der Waals surface area contributed by atoms with Crippen LogP contribution in [0.25, 0.3) is 10.2 Å². The largest absolute Gasteiger partial charge is 0.496 e. The molecule has 0 aliphatic carbocycles. The molecule has 3 aromatic rings. The van der Waals surface area contributed by atoms with Gasteiger partial charge in [-0.25, -0.2) is 18.5 Å². The van der Waals surface area contributed by atoms with Crippen LogP contribution in [0.2, 0.25) is 0 Å². The van der Waals surface area contributed by atoms with E-state index in [9.17, 15) is 28.7 Å². The van der Waals surface area contributed by atoms with E-state index in [4.69, 9.17) is 14.7 Å². The van der Waals surface area contributed by atoms with Crippen molar-refractivity contribution < 1.29 is 28.6 Å². The lowest BCUT2D eigenvalue weighted by Crippen LogP contribution is -2.56. The van der Waals surface area contributed by atoms with E-state index in [-0.39, 0.29) is 51.5 Å². The predicted octanol–water partition coefficient (Wildman–Crippen LogP) is 3.41. The number of aryl methyl sites for hydroxylation is 1. The smallest absolute Gasteiger partial charge is 0.346 e. The molecule has 1 amide bonds. The molecule has 0 saturated carbocycles. The number of halogens is 1. The normalized spacial score (nSPS) is 14.3. The highest BCUT2D eigenvalue weighted by atomic mass is 32.1. The van der Waals surface area contributed by atoms with Gasteiger partial charge in [0.05, 0.1) is 38.1 Å². The molecule has 13 heteroatoms. The number of amides is 1. The number of nitriles is 1. The van der Waals surface area contributed by atoms with Gasteiger partial charge in [-0.05, 0) is 57.4 Å². The van der Waals surface area contributed by atoms with E-state index in [0.717, 1.165) is 28.7 Å². The van der Waals surface area contributed by atoms with Crippen LogP contribution < -0.4 is 16.0 Å². The summed E-state index contributed by atoms with van der Waals surface area (Å²) in [6.07, 6.45) is 0.594. The van der Waals surface area contributed by atoms with Crippen LogP contribution in [-0.4, -0.2) is 57.8 Å². The summed E-state index contributed by atoms with van der Waals surface area (Å²) >= 11 is 0.760. The van der Waals surface area contributed by atoms with Crippen molar-refractivity contribution in [2.24, 2.45) is 0 Å². The van der Waals surface area contributed by atoms with E-state index < -0.39 is 40.6 Å². The highest BCUT2D eigenvalue weighted by Crippen LogP contribution is 2.33. The summed E-state index contributed by atoms with van der Waals surface area (Å²) in [6, 6.07) is 5.77. The van der Waals surface area contributed by atoms with Crippen molar-refractivity contribution in [2.75, 3.05) is 26.8 Å². The Labute approximate surface area is 238 Å². The molecule has 1 saturated heterocycles. The van der Waals surface area contributed by atoms with E-state index in [1.54, 1.807) is 4.90 Å². The topological polar surface area (TPSA) is 144 Å². The van der Waals surface area contributed by atoms with Crippen LogP contribution >= 0.6 is 11.3 Å². The van der Waals surface area contributed by atoms with Crippen LogP contribution in [0.4, 0.5) is 4.39 Å². The number of hydrogen-bond acceptors (Lipinski definition) is 8. The molecule has 1 N–H and O–H groups in total. The quantitative estimate of drug-likeness (QED) is 0.356. The van der Waals surface area contributed by atoms with Gasteiger partial charge in [0.1, 0.15) is 32.9 Å². The number of ether oxygens (including phenoxy) is 2. The van der Waals surface area contributed by atoms with Crippen molar-refractivity contribution in [3.8, 4) is 11.8 Å². The number of aromatic nitrogens is 2. The monoisotopic (exact) mass is 586 g/mol. The van der Waals surface area contributed by atoms with Crippen LogP contribution in [0.1, 0.15) is 60.0 Å². The summed E-state index contributed by atoms with van der Waals surface area (Å²) in [5.41, 5.74) is -2.80. The van der Waals surface area contributed by atoms with Crippen LogP contribution in [0.15, 0.2) is 27.8 Å². The second-order valence-corrected chi connectivity index (χ2v) is 11.3. The number of carboxylic acid groups (broad SMARTS) is 1. The fourth-order valence-electron chi connectivity index (χ4n) is 5.22. The summed E-state index contributed by atoms with van der Waals surface area (Å²) in [4.78, 5) is 55.2. The van der Waals surface area contributed by atoms with Crippen LogP contribution in [0, 0.1) is 24.1 Å². The fraction of sp³-hybridized carbons (Fsp3) is 0.464. The van der Waals surface area contributed by atoms with E-state index in [1.807, 2.05) is 6.07 Å². The van der Waals surface area contributed by atoms with Crippen molar-refractivity contribution in [2.45, 2.75) is 58.2 Å². The number of methoxy groups -OCH3 is 1. The lowest BCUT2D eigenvalue weighted by molar-refractivity contribution is -0.138. The number of aromatic carboxylic acids is 1. The first-order chi connectivity index (χ1) is 19.4. The van der Waals surface area contributed by atoms with Gasteiger partial charge in [0.25, 0.3) is 5.56 Å². The number of thiophene rings is 1. The third-order valence-corrected chi connectivity index (χ3v) is 8.61. The number of carbonyl (C=O) groups is 2. The van der Waals surface area contributed by atoms with Crippen molar-refractivity contribution in [3.05, 3.63) is 60.9 Å². The molecule has 1 fully saturated rings. The van der Waals surface area contributed by atoms with E-state index in [2.05, 4.69) is 0 Å². The molecule has 0 spiro atoms. The van der Waals surface area contributed by atoms with Crippen LogP contribution in [-0.2, 0) is 21.6 Å². The second-order valence-electron chi connectivity index (χ2n) is 10.3. The van der Waals surface area contributed by atoms with Gasteiger partial charge in [0.2, 0.25) is 5.91 Å². The van der Waals surface area contributed by atoms with Gasteiger partial charge >= 0.3 is 11.7 Å². The van der Waals surface area contributed by atoms with Crippen molar-refractivity contribution in [1.82, 2.24) is 14.0 Å². The Kier molecular flexibility index (Phi) is 8.65. The molecule has 0 unspecified atom stereocenters. The number of nitrogens with zero attached hydrogens (tertiary/aromatic N) is 4. The maximum Gasteiger partial charge on any atom is 0.346 e. The standard InChI is InChI=1S/C28H31FN4O7S/c1-16-21-23(34)33(28(2,3)26(37)31-11-5-6-12-31)27(38)32(24(21)41-22(16)25(35)36)15-20(40-13-7-10-30)18-14-17(29)8-9-19(18)39-4/h8-9,14,20H,5-7,11-13,15H2,1-4H3,(H,35,36)/t20-/m0/s1. The molecule has 218 valence electrons. The second kappa shape index (κ2) is 11.8. The summed E-state index contributed by atoms with van der Waals surface area (Å²) in [5, 5.41) is 18.9. The number of carbonyl (C=O) groups excluding carboxylic acids is 1. The average molecular weight is 587 g/mol. The van der Waals surface area contributed by atoms with Crippen molar-refractivity contribution in [1.29, 1.82) is 5.26 Å². The summed E-state index contributed by atoms with van der Waals surface area (Å²) in [7, 11) is 1.39. The molecule has 4 rings (SSSR count). The Morgan fingerprint density at radius 3 is 2.54 bits per heavy atom. The number of benzene rings is 1. The molecular weight excluding hydrogens is 555 g/mol. The van der Waals surface area contributed by atoms with Gasteiger partial charge in [-0.15, -0.1) is 11.3 Å². The highest BCUT2D eigenvalue weighted by Gasteiger charge is 2.39. The Hall–Kier alpha value is -4.02. The SMILES string of the molecule is COc1ccc(F)cc1[C@H](Cn1c(=O)n(C(C)(C)C(=O)N2CCCC2)c(=O)c2c(C)c(C(=O)O)sc21)OCCC#N. The van der Waals surface area contributed by atoms with Gasteiger partial charge in [-0.1, -0.05) is 0 Å². The molecule has 1 aromatic carbocycles. The number of rotatable bonds is 10. The van der Waals surface area contributed by atoms with Crippen LogP contribution in [0.5, 0.6) is 5.75 Å². The number of hydrogen-bond donors (Lipinski definition) is 1. The first kappa shape index (κ1) is 30.0. The molecule has 0 radical (unpaired) electrons. The minimum absolute atomic E-state index is 0.00345. The minimum atomic E-state index is -1.60. The van der Waals surface area contributed by atoms with E-state index >= 15 is 0 Å². The number of likely N-dealkylation sites (tertiary alicyclic amines) is 1. The van der Waals surface area contributed by atoms with Gasteiger partial charge in [-0.2, -0.15) is 5.26 Å². The summed E-state index contributed by atoms with van der Waals surface area (Å²) in [5.74, 6) is -1.99. The number of carboxylic acids is 1. The van der Waals surface area contributed by atoms with Crippen molar-refractivity contribution >= 4 is 33.4 Å². The first-order valence-electron chi connectivity index (χ1n) is 13.1. The Balaban J connectivity index is 1.99. The van der Waals surface area contributed by atoms with Gasteiger partial charge in [0.15, 0.2) is 0 Å². The van der Waals surface area contributed by atoms with Gasteiger partial charge < -0.3 is 19.5 Å². The highest BCUT2D eigenvalue weighted by molar-refractivity contribution is 7.20. The zero-order chi connectivity index (χ0) is 30.1. The predicted molar refractivity (Wildman–Crippen MR) is 149 cm³/mol. The summed E-state index contributed by atoms with van der Waals surface area (Å²) in [6.45, 7) is 5.13. The lowest BCUT2D eigenvalue weighted by Gasteiger charge is -2.31. The zero-order valence-corrected chi connectivity index (χ0v) is 24.0. The van der Waals surface area contributed by atoms with Gasteiger partial charge in [0, 0.05) is 18.7 Å². The third kappa shape index (κ3) is 5.49. The molecule has 0 bridgehead atoms. The molecule has 3 heterocycles. The Bertz CT molecular complexity index is 1660.